The van der Waals surface area contributed by atoms with E-state index in [1.54, 1.807) is 14.2 Å². The number of rotatable bonds is 7. The average molecular weight is 515 g/mol. The van der Waals surface area contributed by atoms with Crippen LogP contribution in [0.25, 0.3) is 10.8 Å². The molecule has 0 radical (unpaired) electrons. The van der Waals surface area contributed by atoms with Crippen molar-refractivity contribution in [3.8, 4) is 17.2 Å². The highest BCUT2D eigenvalue weighted by atomic mass is 16.5. The molecule has 0 unspecified atom stereocenters. The third-order valence-electron chi connectivity index (χ3n) is 7.89. The number of amides is 1. The Labute approximate surface area is 223 Å². The number of hydrogen-bond acceptors (Lipinski definition) is 7. The first-order valence-electron chi connectivity index (χ1n) is 13.4. The third-order valence-corrected chi connectivity index (χ3v) is 7.89. The molecule has 0 N–H and O–H groups in total. The predicted octanol–water partition coefficient (Wildman–Crippen LogP) is 4.38. The number of hydrogen-bond donors (Lipinski definition) is 0. The number of anilines is 1. The van der Waals surface area contributed by atoms with Gasteiger partial charge in [-0.05, 0) is 72.1 Å². The molecule has 8 heteroatoms. The molecule has 6 rings (SSSR count). The Bertz CT molecular complexity index is 1350. The van der Waals surface area contributed by atoms with Crippen LogP contribution < -0.4 is 19.1 Å². The molecule has 1 amide bonds. The molecule has 2 fully saturated rings. The van der Waals surface area contributed by atoms with E-state index in [-0.39, 0.29) is 11.9 Å². The van der Waals surface area contributed by atoms with Crippen LogP contribution >= 0.6 is 0 Å². The van der Waals surface area contributed by atoms with Crippen LogP contribution in [0.5, 0.6) is 17.2 Å². The minimum Gasteiger partial charge on any atom is -0.497 e. The van der Waals surface area contributed by atoms with Crippen LogP contribution in [0, 0.1) is 0 Å². The third kappa shape index (κ3) is 4.76. The molecular formula is C30H34N4O4. The highest BCUT2D eigenvalue weighted by Gasteiger charge is 2.32. The molecule has 3 aromatic rings. The Morgan fingerprint density at radius 3 is 2.42 bits per heavy atom. The predicted molar refractivity (Wildman–Crippen MR) is 150 cm³/mol. The second kappa shape index (κ2) is 10.5. The summed E-state index contributed by atoms with van der Waals surface area (Å²) in [6.45, 7) is 6.14. The number of carbonyl (C=O) groups is 1. The maximum Gasteiger partial charge on any atom is 0.256 e. The zero-order valence-electron chi connectivity index (χ0n) is 22.1. The first-order valence-corrected chi connectivity index (χ1v) is 13.4. The van der Waals surface area contributed by atoms with Gasteiger partial charge >= 0.3 is 0 Å². The smallest absolute Gasteiger partial charge is 0.256 e. The molecule has 198 valence electrons. The molecule has 3 heterocycles. The summed E-state index contributed by atoms with van der Waals surface area (Å²) in [6, 6.07) is 16.3. The molecule has 0 aromatic heterocycles. The van der Waals surface area contributed by atoms with Gasteiger partial charge in [0.2, 0.25) is 0 Å². The van der Waals surface area contributed by atoms with Gasteiger partial charge in [0.05, 0.1) is 31.5 Å². The molecule has 3 aliphatic heterocycles. The van der Waals surface area contributed by atoms with E-state index in [9.17, 15) is 4.79 Å². The van der Waals surface area contributed by atoms with E-state index in [1.165, 1.54) is 5.69 Å². The van der Waals surface area contributed by atoms with E-state index in [4.69, 9.17) is 14.2 Å². The Morgan fingerprint density at radius 2 is 1.66 bits per heavy atom. The van der Waals surface area contributed by atoms with E-state index in [1.807, 2.05) is 47.5 Å². The molecule has 3 aromatic carbocycles. The lowest BCUT2D eigenvalue weighted by Crippen LogP contribution is -2.47. The summed E-state index contributed by atoms with van der Waals surface area (Å²) in [4.78, 5) is 24.6. The second-order valence-corrected chi connectivity index (χ2v) is 10.1. The fourth-order valence-electron chi connectivity index (χ4n) is 5.67. The second-order valence-electron chi connectivity index (χ2n) is 10.1. The van der Waals surface area contributed by atoms with Crippen LogP contribution in [0.2, 0.25) is 0 Å². The lowest BCUT2D eigenvalue weighted by atomic mass is 10.0. The Morgan fingerprint density at radius 1 is 0.895 bits per heavy atom. The summed E-state index contributed by atoms with van der Waals surface area (Å²) in [7, 11) is 3.34. The van der Waals surface area contributed by atoms with Gasteiger partial charge < -0.3 is 24.0 Å². The zero-order chi connectivity index (χ0) is 26.1. The fourth-order valence-corrected chi connectivity index (χ4v) is 5.67. The van der Waals surface area contributed by atoms with Gasteiger partial charge in [-0.3, -0.25) is 14.7 Å². The number of nitrogens with zero attached hydrogens (tertiary/aromatic N) is 4. The van der Waals surface area contributed by atoms with Crippen molar-refractivity contribution in [3.05, 3.63) is 54.1 Å². The number of fused-ring (bicyclic) bond motifs is 3. The van der Waals surface area contributed by atoms with Crippen LogP contribution in [0.4, 0.5) is 11.4 Å². The quantitative estimate of drug-likeness (QED) is 0.466. The van der Waals surface area contributed by atoms with Crippen LogP contribution in [-0.4, -0.2) is 88.1 Å². The molecule has 0 bridgehead atoms. The molecule has 2 saturated heterocycles. The van der Waals surface area contributed by atoms with E-state index in [0.717, 1.165) is 74.3 Å². The standard InChI is InChI=1S/C30H34N4O4/c1-36-25-7-5-23(6-8-25)33-12-10-32(11-13-33)14-15-38-29-19-22-17-27-26(16-21(22)18-28(29)37-2)30(35)34-9-3-4-24(34)20-31-27/h5-8,16-20,24H,3-4,9-15H2,1-2H3/t24-/m0/s1. The number of piperazine rings is 1. The zero-order valence-corrected chi connectivity index (χ0v) is 22.1. The summed E-state index contributed by atoms with van der Waals surface area (Å²) in [6.07, 6.45) is 3.93. The lowest BCUT2D eigenvalue weighted by Gasteiger charge is -2.36. The minimum absolute atomic E-state index is 0.0632. The van der Waals surface area contributed by atoms with Crippen molar-refractivity contribution < 1.29 is 19.0 Å². The number of ether oxygens (including phenoxy) is 3. The molecule has 0 aliphatic carbocycles. The minimum atomic E-state index is 0.0632. The van der Waals surface area contributed by atoms with Crippen molar-refractivity contribution >= 4 is 34.3 Å². The molecule has 3 aliphatic rings. The van der Waals surface area contributed by atoms with Gasteiger partial charge in [0.1, 0.15) is 12.4 Å². The average Bonchev–Trinajstić information content (AvgIpc) is 3.39. The molecule has 38 heavy (non-hydrogen) atoms. The van der Waals surface area contributed by atoms with Crippen molar-refractivity contribution in [1.29, 1.82) is 0 Å². The maximum absolute atomic E-state index is 13.2. The van der Waals surface area contributed by atoms with Crippen LogP contribution in [0.15, 0.2) is 53.5 Å². The Kier molecular flexibility index (Phi) is 6.81. The fraction of sp³-hybridized carbons (Fsp3) is 0.400. The highest BCUT2D eigenvalue weighted by molar-refractivity contribution is 6.07. The van der Waals surface area contributed by atoms with Gasteiger partial charge in [-0.25, -0.2) is 0 Å². The molecule has 1 atom stereocenters. The van der Waals surface area contributed by atoms with E-state index < -0.39 is 0 Å². The van der Waals surface area contributed by atoms with Crippen molar-refractivity contribution in [3.63, 3.8) is 0 Å². The SMILES string of the molecule is COc1ccc(N2CCN(CCOc3cc4cc5c(cc4cc3OC)C(=O)N3CCC[C@H]3C=N5)CC2)cc1. The normalized spacial score (nSPS) is 19.3. The van der Waals surface area contributed by atoms with Crippen molar-refractivity contribution in [2.75, 3.05) is 65.0 Å². The van der Waals surface area contributed by atoms with Crippen molar-refractivity contribution in [1.82, 2.24) is 9.80 Å². The summed E-state index contributed by atoms with van der Waals surface area (Å²) >= 11 is 0. The van der Waals surface area contributed by atoms with Gasteiger partial charge in [0.25, 0.3) is 5.91 Å². The Hall–Kier alpha value is -3.78. The largest absolute Gasteiger partial charge is 0.497 e. The highest BCUT2D eigenvalue weighted by Crippen LogP contribution is 2.37. The molecular weight excluding hydrogens is 480 g/mol. The molecule has 0 saturated carbocycles. The van der Waals surface area contributed by atoms with Crippen molar-refractivity contribution in [2.45, 2.75) is 18.9 Å². The number of carbonyl (C=O) groups excluding carboxylic acids is 1. The molecule has 0 spiro atoms. The summed E-state index contributed by atoms with van der Waals surface area (Å²) in [5.74, 6) is 2.32. The van der Waals surface area contributed by atoms with Crippen LogP contribution in [0.3, 0.4) is 0 Å². The van der Waals surface area contributed by atoms with E-state index in [2.05, 4.69) is 26.9 Å². The topological polar surface area (TPSA) is 66.8 Å². The van der Waals surface area contributed by atoms with E-state index in [0.29, 0.717) is 23.7 Å². The summed E-state index contributed by atoms with van der Waals surface area (Å²) in [5.41, 5.74) is 2.61. The van der Waals surface area contributed by atoms with Crippen LogP contribution in [0.1, 0.15) is 23.2 Å². The van der Waals surface area contributed by atoms with Gasteiger partial charge in [-0.2, -0.15) is 0 Å². The van der Waals surface area contributed by atoms with Crippen LogP contribution in [-0.2, 0) is 0 Å². The monoisotopic (exact) mass is 514 g/mol. The summed E-state index contributed by atoms with van der Waals surface area (Å²) in [5, 5.41) is 1.93. The first-order chi connectivity index (χ1) is 18.6. The first kappa shape index (κ1) is 24.6. The van der Waals surface area contributed by atoms with Gasteiger partial charge in [-0.15, -0.1) is 0 Å². The maximum atomic E-state index is 13.2. The van der Waals surface area contributed by atoms with E-state index >= 15 is 0 Å². The van der Waals surface area contributed by atoms with Gasteiger partial charge in [0, 0.05) is 51.2 Å². The Balaban J connectivity index is 1.11. The van der Waals surface area contributed by atoms with Crippen molar-refractivity contribution in [2.24, 2.45) is 4.99 Å². The lowest BCUT2D eigenvalue weighted by molar-refractivity contribution is 0.0775. The number of benzene rings is 3. The number of aliphatic imine (C=N–C) groups is 1. The number of methoxy groups -OCH3 is 2. The molecule has 8 nitrogen and oxygen atoms in total. The van der Waals surface area contributed by atoms with Gasteiger partial charge in [0.15, 0.2) is 11.5 Å². The van der Waals surface area contributed by atoms with Gasteiger partial charge in [-0.1, -0.05) is 0 Å². The summed E-state index contributed by atoms with van der Waals surface area (Å²) < 4.78 is 17.2.